The van der Waals surface area contributed by atoms with Crippen molar-refractivity contribution in [3.05, 3.63) is 69.4 Å². The van der Waals surface area contributed by atoms with Crippen molar-refractivity contribution in [1.82, 2.24) is 5.43 Å². The molecule has 0 spiro atoms. The summed E-state index contributed by atoms with van der Waals surface area (Å²) in [7, 11) is 0. The summed E-state index contributed by atoms with van der Waals surface area (Å²) in [5.41, 5.74) is 6.04. The Morgan fingerprint density at radius 2 is 2.05 bits per heavy atom. The van der Waals surface area contributed by atoms with E-state index >= 15 is 0 Å². The summed E-state index contributed by atoms with van der Waals surface area (Å²) < 4.78 is 15.0. The fourth-order valence-electron chi connectivity index (χ4n) is 3.11. The fourth-order valence-corrected chi connectivity index (χ4v) is 3.49. The number of hydrazine groups is 1. The summed E-state index contributed by atoms with van der Waals surface area (Å²) in [5.74, 6) is 5.72. The van der Waals surface area contributed by atoms with Crippen LogP contribution in [-0.2, 0) is 6.42 Å². The van der Waals surface area contributed by atoms with Crippen LogP contribution in [0.25, 0.3) is 0 Å². The van der Waals surface area contributed by atoms with Crippen LogP contribution in [0.1, 0.15) is 35.1 Å². The fraction of sp³-hybridized carbons (Fsp3) is 0.250. The molecule has 20 heavy (non-hydrogen) atoms. The molecule has 0 fully saturated rings. The molecule has 0 saturated carbocycles. The van der Waals surface area contributed by atoms with Gasteiger partial charge in [-0.05, 0) is 42.2 Å². The molecule has 4 heteroatoms. The second kappa shape index (κ2) is 5.64. The highest BCUT2D eigenvalue weighted by Gasteiger charge is 2.31. The van der Waals surface area contributed by atoms with Gasteiger partial charge in [0.2, 0.25) is 0 Å². The number of aryl methyl sites for hydroxylation is 1. The van der Waals surface area contributed by atoms with Gasteiger partial charge in [0, 0.05) is 16.0 Å². The van der Waals surface area contributed by atoms with Crippen LogP contribution in [0.2, 0.25) is 0 Å². The van der Waals surface area contributed by atoms with E-state index in [1.807, 2.05) is 12.1 Å². The second-order valence-corrected chi connectivity index (χ2v) is 6.07. The van der Waals surface area contributed by atoms with E-state index in [0.717, 1.165) is 17.3 Å². The zero-order valence-electron chi connectivity index (χ0n) is 10.9. The normalized spacial score (nSPS) is 18.9. The molecule has 0 heterocycles. The standard InChI is InChI=1S/C16H16BrFN2/c17-11-6-8-15(18)14(9-11)16(20-19)13-7-5-10-3-1-2-4-12(10)13/h1-4,6,8-9,13,16,20H,5,7,19H2. The Labute approximate surface area is 126 Å². The monoisotopic (exact) mass is 334 g/mol. The summed E-state index contributed by atoms with van der Waals surface area (Å²) in [6, 6.07) is 13.1. The van der Waals surface area contributed by atoms with E-state index in [1.165, 1.54) is 17.2 Å². The molecule has 1 aliphatic carbocycles. The Balaban J connectivity index is 2.01. The predicted octanol–water partition coefficient (Wildman–Crippen LogP) is 3.82. The average Bonchev–Trinajstić information content (AvgIpc) is 2.88. The molecule has 2 aromatic carbocycles. The lowest BCUT2D eigenvalue weighted by molar-refractivity contribution is 0.433. The predicted molar refractivity (Wildman–Crippen MR) is 81.7 cm³/mol. The number of halogens is 2. The maximum atomic E-state index is 14.1. The van der Waals surface area contributed by atoms with Gasteiger partial charge >= 0.3 is 0 Å². The van der Waals surface area contributed by atoms with Crippen LogP contribution in [0.15, 0.2) is 46.9 Å². The Kier molecular flexibility index (Phi) is 3.87. The highest BCUT2D eigenvalue weighted by molar-refractivity contribution is 9.10. The molecule has 2 unspecified atom stereocenters. The molecular formula is C16H16BrFN2. The van der Waals surface area contributed by atoms with Crippen molar-refractivity contribution in [2.45, 2.75) is 24.8 Å². The first kappa shape index (κ1) is 13.7. The second-order valence-electron chi connectivity index (χ2n) is 5.15. The quantitative estimate of drug-likeness (QED) is 0.661. The van der Waals surface area contributed by atoms with E-state index in [9.17, 15) is 4.39 Å². The van der Waals surface area contributed by atoms with E-state index in [1.54, 1.807) is 12.1 Å². The lowest BCUT2D eigenvalue weighted by Crippen LogP contribution is -2.32. The third kappa shape index (κ3) is 2.39. The van der Waals surface area contributed by atoms with Crippen molar-refractivity contribution in [1.29, 1.82) is 0 Å². The molecule has 2 aromatic rings. The van der Waals surface area contributed by atoms with Crippen LogP contribution in [-0.4, -0.2) is 0 Å². The molecule has 104 valence electrons. The lowest BCUT2D eigenvalue weighted by Gasteiger charge is -2.25. The zero-order chi connectivity index (χ0) is 14.1. The molecule has 3 N–H and O–H groups in total. The van der Waals surface area contributed by atoms with Crippen molar-refractivity contribution >= 4 is 15.9 Å². The van der Waals surface area contributed by atoms with Crippen LogP contribution < -0.4 is 11.3 Å². The highest BCUT2D eigenvalue weighted by atomic mass is 79.9. The molecule has 0 radical (unpaired) electrons. The van der Waals surface area contributed by atoms with E-state index in [-0.39, 0.29) is 17.8 Å². The van der Waals surface area contributed by atoms with E-state index < -0.39 is 0 Å². The molecule has 2 nitrogen and oxygen atoms in total. The first-order valence-electron chi connectivity index (χ1n) is 6.69. The Bertz CT molecular complexity index is 630. The van der Waals surface area contributed by atoms with Crippen LogP contribution in [0, 0.1) is 5.82 Å². The average molecular weight is 335 g/mol. The SMILES string of the molecule is NNC(c1cc(Br)ccc1F)C1CCc2ccccc21. The van der Waals surface area contributed by atoms with E-state index in [2.05, 4.69) is 33.5 Å². The summed E-state index contributed by atoms with van der Waals surface area (Å²) in [5, 5.41) is 0. The summed E-state index contributed by atoms with van der Waals surface area (Å²) in [6.45, 7) is 0. The van der Waals surface area contributed by atoms with Gasteiger partial charge in [-0.2, -0.15) is 0 Å². The Hall–Kier alpha value is -1.23. The zero-order valence-corrected chi connectivity index (χ0v) is 12.5. The molecular weight excluding hydrogens is 319 g/mol. The van der Waals surface area contributed by atoms with Crippen LogP contribution in [0.4, 0.5) is 4.39 Å². The van der Waals surface area contributed by atoms with Gasteiger partial charge < -0.3 is 0 Å². The summed E-state index contributed by atoms with van der Waals surface area (Å²) in [4.78, 5) is 0. The minimum atomic E-state index is -0.222. The number of hydrogen-bond acceptors (Lipinski definition) is 2. The van der Waals surface area contributed by atoms with Crippen molar-refractivity contribution in [3.63, 3.8) is 0 Å². The van der Waals surface area contributed by atoms with Gasteiger partial charge in [0.1, 0.15) is 5.82 Å². The number of fused-ring (bicyclic) bond motifs is 1. The minimum Gasteiger partial charge on any atom is -0.271 e. The van der Waals surface area contributed by atoms with Gasteiger partial charge in [0.25, 0.3) is 0 Å². The molecule has 0 saturated heterocycles. The molecule has 3 rings (SSSR count). The lowest BCUT2D eigenvalue weighted by atomic mass is 9.88. The maximum Gasteiger partial charge on any atom is 0.128 e. The van der Waals surface area contributed by atoms with Gasteiger partial charge in [-0.1, -0.05) is 40.2 Å². The minimum absolute atomic E-state index is 0.208. The maximum absolute atomic E-state index is 14.1. The number of nitrogens with one attached hydrogen (secondary N) is 1. The Morgan fingerprint density at radius 1 is 1.25 bits per heavy atom. The van der Waals surface area contributed by atoms with Gasteiger partial charge in [-0.3, -0.25) is 11.3 Å². The van der Waals surface area contributed by atoms with Crippen molar-refractivity contribution in [2.24, 2.45) is 5.84 Å². The van der Waals surface area contributed by atoms with E-state index in [4.69, 9.17) is 5.84 Å². The van der Waals surface area contributed by atoms with Gasteiger partial charge in [-0.25, -0.2) is 4.39 Å². The van der Waals surface area contributed by atoms with Crippen molar-refractivity contribution < 1.29 is 4.39 Å². The largest absolute Gasteiger partial charge is 0.271 e. The first-order chi connectivity index (χ1) is 9.70. The van der Waals surface area contributed by atoms with Crippen LogP contribution in [0.5, 0.6) is 0 Å². The van der Waals surface area contributed by atoms with Crippen LogP contribution in [0.3, 0.4) is 0 Å². The smallest absolute Gasteiger partial charge is 0.128 e. The highest BCUT2D eigenvalue weighted by Crippen LogP contribution is 2.42. The van der Waals surface area contributed by atoms with Gasteiger partial charge in [-0.15, -0.1) is 0 Å². The van der Waals surface area contributed by atoms with Crippen LogP contribution >= 0.6 is 15.9 Å². The molecule has 0 amide bonds. The van der Waals surface area contributed by atoms with Crippen molar-refractivity contribution in [3.8, 4) is 0 Å². The Morgan fingerprint density at radius 3 is 2.85 bits per heavy atom. The first-order valence-corrected chi connectivity index (χ1v) is 7.49. The molecule has 0 aliphatic heterocycles. The molecule has 2 atom stereocenters. The van der Waals surface area contributed by atoms with Gasteiger partial charge in [0.15, 0.2) is 0 Å². The van der Waals surface area contributed by atoms with Crippen molar-refractivity contribution in [2.75, 3.05) is 0 Å². The van der Waals surface area contributed by atoms with Gasteiger partial charge in [0.05, 0.1) is 6.04 Å². The topological polar surface area (TPSA) is 38.0 Å². The third-order valence-electron chi connectivity index (χ3n) is 4.05. The third-order valence-corrected chi connectivity index (χ3v) is 4.55. The summed E-state index contributed by atoms with van der Waals surface area (Å²) in [6.07, 6.45) is 2.01. The number of nitrogens with two attached hydrogens (primary N) is 1. The number of benzene rings is 2. The summed E-state index contributed by atoms with van der Waals surface area (Å²) >= 11 is 3.40. The molecule has 0 aromatic heterocycles. The molecule has 1 aliphatic rings. The van der Waals surface area contributed by atoms with E-state index in [0.29, 0.717) is 5.56 Å². The molecule has 0 bridgehead atoms. The number of hydrogen-bond donors (Lipinski definition) is 2. The number of rotatable bonds is 3.